The summed E-state index contributed by atoms with van der Waals surface area (Å²) in [6, 6.07) is 0. The predicted octanol–water partition coefficient (Wildman–Crippen LogP) is -5.82. The van der Waals surface area contributed by atoms with Crippen LogP contribution in [0.25, 0.3) is 0 Å². The largest absolute Gasteiger partial charge is 4.00 e. The molecule has 0 spiro atoms. The Labute approximate surface area is 49.6 Å². The van der Waals surface area contributed by atoms with Crippen LogP contribution in [0.2, 0.25) is 0 Å². The van der Waals surface area contributed by atoms with Gasteiger partial charge in [-0.15, -0.1) is 0 Å². The van der Waals surface area contributed by atoms with Crippen LogP contribution in [0.4, 0.5) is 0 Å². The van der Waals surface area contributed by atoms with E-state index >= 15 is 0 Å². The van der Waals surface area contributed by atoms with Gasteiger partial charge < -0.3 is 23.9 Å². The Bertz CT molecular complexity index is 57.8. The first-order valence-electron chi connectivity index (χ1n) is 0.730. The Balaban J connectivity index is -0.0000000800. The van der Waals surface area contributed by atoms with Crippen molar-refractivity contribution in [3.8, 4) is 0 Å². The van der Waals surface area contributed by atoms with Crippen LogP contribution in [-0.2, 0) is 21.6 Å². The maximum Gasteiger partial charge on any atom is 4.00 e. The van der Waals surface area contributed by atoms with Gasteiger partial charge in [-0.3, -0.25) is 0 Å². The van der Waals surface area contributed by atoms with Crippen LogP contribution in [0.1, 0.15) is 0 Å². The van der Waals surface area contributed by atoms with E-state index in [1.165, 1.54) is 0 Å². The second kappa shape index (κ2) is 4.71. The van der Waals surface area contributed by atoms with Gasteiger partial charge in [0.1, 0.15) is 0 Å². The summed E-state index contributed by atoms with van der Waals surface area (Å²) < 4.78 is 8.55. The van der Waals surface area contributed by atoms with Gasteiger partial charge in [-0.2, -0.15) is 7.82 Å². The monoisotopic (exact) mass is 170 g/mol. The Kier molecular flexibility index (Phi) is 10.5. The van der Waals surface area contributed by atoms with Gasteiger partial charge in [0, 0.05) is 0 Å². The molecular formula is FFeO4P. The van der Waals surface area contributed by atoms with Gasteiger partial charge in [0.2, 0.25) is 0 Å². The fraction of sp³-hybridized carbons (Fsp3) is 0. The van der Waals surface area contributed by atoms with E-state index < -0.39 is 7.82 Å². The maximum absolute atomic E-state index is 8.55. The zero-order chi connectivity index (χ0) is 4.50. The second-order valence-corrected chi connectivity index (χ2v) is 1.34. The van der Waals surface area contributed by atoms with Crippen molar-refractivity contribution in [3.63, 3.8) is 0 Å². The van der Waals surface area contributed by atoms with E-state index in [2.05, 4.69) is 0 Å². The van der Waals surface area contributed by atoms with Gasteiger partial charge in [0.05, 0.1) is 0 Å². The van der Waals surface area contributed by atoms with Crippen molar-refractivity contribution in [1.29, 1.82) is 0 Å². The SMILES string of the molecule is O=P([O-])([O-])[O-].[F-].[Fe+4]. The summed E-state index contributed by atoms with van der Waals surface area (Å²) in [6.45, 7) is 0. The Morgan fingerprint density at radius 1 is 1.14 bits per heavy atom. The molecule has 0 unspecified atom stereocenters. The molecule has 0 radical (unpaired) electrons. The van der Waals surface area contributed by atoms with Crippen LogP contribution >= 0.6 is 7.82 Å². The van der Waals surface area contributed by atoms with E-state index in [-0.39, 0.29) is 21.8 Å². The van der Waals surface area contributed by atoms with Crippen LogP contribution in [-0.4, -0.2) is 0 Å². The molecule has 0 saturated carbocycles. The molecule has 0 bridgehead atoms. The molecule has 4 nitrogen and oxygen atoms in total. The molecule has 0 saturated heterocycles. The van der Waals surface area contributed by atoms with E-state index in [0.29, 0.717) is 0 Å². The van der Waals surface area contributed by atoms with Crippen molar-refractivity contribution >= 4 is 7.82 Å². The third kappa shape index (κ3) is 436. The minimum atomic E-state index is -5.39. The zero-order valence-corrected chi connectivity index (χ0v) is 4.81. The van der Waals surface area contributed by atoms with E-state index in [1.807, 2.05) is 0 Å². The first-order chi connectivity index (χ1) is 2.00. The predicted molar refractivity (Wildman–Crippen MR) is 7.61 cm³/mol. The summed E-state index contributed by atoms with van der Waals surface area (Å²) in [5.41, 5.74) is 0. The van der Waals surface area contributed by atoms with Gasteiger partial charge in [0.15, 0.2) is 0 Å². The van der Waals surface area contributed by atoms with E-state index in [9.17, 15) is 0 Å². The number of rotatable bonds is 0. The summed E-state index contributed by atoms with van der Waals surface area (Å²) in [6.07, 6.45) is 0. The van der Waals surface area contributed by atoms with Crippen molar-refractivity contribution in [3.05, 3.63) is 0 Å². The third-order valence-electron chi connectivity index (χ3n) is 0. The third-order valence-corrected chi connectivity index (χ3v) is 0. The summed E-state index contributed by atoms with van der Waals surface area (Å²) in [4.78, 5) is 25.6. The summed E-state index contributed by atoms with van der Waals surface area (Å²) in [7, 11) is -5.39. The smallest absolute Gasteiger partial charge is 1.00 e. The first-order valence-corrected chi connectivity index (χ1v) is 2.19. The molecule has 0 N–H and O–H groups in total. The fourth-order valence-corrected chi connectivity index (χ4v) is 0. The van der Waals surface area contributed by atoms with Crippen molar-refractivity contribution in [2.45, 2.75) is 0 Å². The molecule has 0 amide bonds. The average molecular weight is 170 g/mol. The van der Waals surface area contributed by atoms with Gasteiger partial charge in [-0.25, -0.2) is 0 Å². The maximum atomic E-state index is 8.55. The molecular weight excluding hydrogens is 170 g/mol. The number of halogens is 1. The zero-order valence-electron chi connectivity index (χ0n) is 2.81. The minimum absolute atomic E-state index is 0. The average Bonchev–Trinajstić information content (AvgIpc) is 0.722. The van der Waals surface area contributed by atoms with Crippen LogP contribution in [0.15, 0.2) is 0 Å². The molecule has 0 aromatic heterocycles. The van der Waals surface area contributed by atoms with Gasteiger partial charge >= 0.3 is 17.1 Å². The minimum Gasteiger partial charge on any atom is -1.00 e. The molecule has 0 aromatic carbocycles. The normalized spacial score (nSPS) is 8.43. The van der Waals surface area contributed by atoms with Crippen LogP contribution in [0.3, 0.4) is 0 Å². The molecule has 0 rings (SSSR count). The summed E-state index contributed by atoms with van der Waals surface area (Å²) >= 11 is 0. The van der Waals surface area contributed by atoms with Crippen LogP contribution in [0.5, 0.6) is 0 Å². The Morgan fingerprint density at radius 2 is 1.14 bits per heavy atom. The quantitative estimate of drug-likeness (QED) is 0.267. The molecule has 0 fully saturated rings. The molecule has 0 aliphatic rings. The van der Waals surface area contributed by atoms with Gasteiger partial charge in [-0.1, -0.05) is 0 Å². The standard InChI is InChI=1S/FH.Fe.H3O4P/c;;1-5(2,3)4/h1H;;(H3,1,2,3,4)/q;+4;/p-4. The molecule has 0 heterocycles. The topological polar surface area (TPSA) is 86.2 Å². The van der Waals surface area contributed by atoms with Crippen molar-refractivity contribution in [2.75, 3.05) is 0 Å². The number of hydrogen-bond donors (Lipinski definition) is 0. The van der Waals surface area contributed by atoms with E-state index in [4.69, 9.17) is 19.2 Å². The Morgan fingerprint density at radius 3 is 1.14 bits per heavy atom. The molecule has 0 aromatic rings. The number of phosphoric acid groups is 1. The molecule has 7 heteroatoms. The molecule has 44 valence electrons. The first kappa shape index (κ1) is 15.6. The fourth-order valence-electron chi connectivity index (χ4n) is 0. The van der Waals surface area contributed by atoms with Crippen LogP contribution in [0, 0.1) is 0 Å². The van der Waals surface area contributed by atoms with Crippen molar-refractivity contribution in [2.24, 2.45) is 0 Å². The second-order valence-electron chi connectivity index (χ2n) is 0.447. The van der Waals surface area contributed by atoms with Gasteiger partial charge in [-0.05, 0) is 0 Å². The summed E-state index contributed by atoms with van der Waals surface area (Å²) in [5, 5.41) is 0. The molecule has 0 atom stereocenters. The van der Waals surface area contributed by atoms with E-state index in [1.54, 1.807) is 0 Å². The van der Waals surface area contributed by atoms with Crippen molar-refractivity contribution < 1.29 is 41.0 Å². The van der Waals surface area contributed by atoms with Crippen LogP contribution < -0.4 is 19.4 Å². The molecule has 0 aliphatic heterocycles. The molecule has 0 aliphatic carbocycles. The van der Waals surface area contributed by atoms with Crippen molar-refractivity contribution in [1.82, 2.24) is 0 Å². The molecule has 7 heavy (non-hydrogen) atoms. The van der Waals surface area contributed by atoms with Gasteiger partial charge in [0.25, 0.3) is 0 Å². The number of hydrogen-bond acceptors (Lipinski definition) is 4. The summed E-state index contributed by atoms with van der Waals surface area (Å²) in [5.74, 6) is 0. The Hall–Kier alpha value is 0.559. The van der Waals surface area contributed by atoms with E-state index in [0.717, 1.165) is 0 Å².